The molecule has 16 heavy (non-hydrogen) atoms. The van der Waals surface area contributed by atoms with Gasteiger partial charge in [0.2, 0.25) is 5.91 Å². The van der Waals surface area contributed by atoms with Gasteiger partial charge in [-0.05, 0) is 30.0 Å². The molecule has 0 atom stereocenters. The first-order valence-electron chi connectivity index (χ1n) is 4.96. The summed E-state index contributed by atoms with van der Waals surface area (Å²) in [5.41, 5.74) is 0.806. The summed E-state index contributed by atoms with van der Waals surface area (Å²) in [6, 6.07) is 6.76. The van der Waals surface area contributed by atoms with Crippen LogP contribution in [0.4, 0.5) is 0 Å². The predicted octanol–water partition coefficient (Wildman–Crippen LogP) is 1.88. The number of aromatic hydroxyl groups is 1. The number of phenols is 1. The van der Waals surface area contributed by atoms with Crippen molar-refractivity contribution in [3.8, 4) is 5.75 Å². The molecule has 0 radical (unpaired) electrons. The smallest absolute Gasteiger partial charge is 0.244 e. The minimum absolute atomic E-state index is 0.114. The molecule has 0 aliphatic rings. The minimum Gasteiger partial charge on any atom is -0.508 e. The Bertz CT molecular complexity index is 377. The van der Waals surface area contributed by atoms with E-state index < -0.39 is 0 Å². The summed E-state index contributed by atoms with van der Waals surface area (Å²) in [6.45, 7) is 0.671. The second-order valence-electron chi connectivity index (χ2n) is 3.21. The molecular formula is C12H15NO2S. The fraction of sp³-hybridized carbons (Fsp3) is 0.250. The fourth-order valence-electron chi connectivity index (χ4n) is 1.14. The molecule has 0 aliphatic heterocycles. The number of phenolic OH excluding ortho intramolecular Hbond substituents is 1. The molecule has 1 aromatic rings. The molecule has 0 bridgehead atoms. The average molecular weight is 237 g/mol. The summed E-state index contributed by atoms with van der Waals surface area (Å²) in [7, 11) is 0. The Morgan fingerprint density at radius 3 is 3.06 bits per heavy atom. The maximum Gasteiger partial charge on any atom is 0.244 e. The highest BCUT2D eigenvalue weighted by molar-refractivity contribution is 7.98. The normalized spacial score (nSPS) is 10.6. The van der Waals surface area contributed by atoms with E-state index in [1.807, 2.05) is 12.3 Å². The fourth-order valence-corrected chi connectivity index (χ4v) is 1.44. The molecule has 3 nitrogen and oxygen atoms in total. The third-order valence-electron chi connectivity index (χ3n) is 1.90. The largest absolute Gasteiger partial charge is 0.508 e. The van der Waals surface area contributed by atoms with Gasteiger partial charge in [0.15, 0.2) is 0 Å². The number of hydrogen-bond donors (Lipinski definition) is 2. The number of nitrogens with one attached hydrogen (secondary N) is 1. The molecule has 0 spiro atoms. The highest BCUT2D eigenvalue weighted by Crippen LogP contribution is 2.11. The van der Waals surface area contributed by atoms with Crippen molar-refractivity contribution in [3.63, 3.8) is 0 Å². The molecule has 1 rings (SSSR count). The Morgan fingerprint density at radius 2 is 2.38 bits per heavy atom. The summed E-state index contributed by atoms with van der Waals surface area (Å²) >= 11 is 1.69. The Labute approximate surface area is 99.6 Å². The first-order chi connectivity index (χ1) is 7.72. The lowest BCUT2D eigenvalue weighted by molar-refractivity contribution is -0.116. The number of carbonyl (C=O) groups excluding carboxylic acids is 1. The number of rotatable bonds is 5. The summed E-state index contributed by atoms with van der Waals surface area (Å²) in [6.07, 6.45) is 5.14. The lowest BCUT2D eigenvalue weighted by Crippen LogP contribution is -2.23. The van der Waals surface area contributed by atoms with Crippen LogP contribution in [0.5, 0.6) is 5.75 Å². The number of thioether (sulfide) groups is 1. The maximum absolute atomic E-state index is 11.3. The SMILES string of the molecule is CSCCNC(=O)C=Cc1cccc(O)c1. The van der Waals surface area contributed by atoms with Crippen molar-refractivity contribution in [3.05, 3.63) is 35.9 Å². The van der Waals surface area contributed by atoms with Crippen LogP contribution in [0.3, 0.4) is 0 Å². The van der Waals surface area contributed by atoms with Crippen molar-refractivity contribution in [2.24, 2.45) is 0 Å². The molecule has 86 valence electrons. The Hall–Kier alpha value is -1.42. The highest BCUT2D eigenvalue weighted by atomic mass is 32.2. The summed E-state index contributed by atoms with van der Waals surface area (Å²) in [5, 5.41) is 12.0. The van der Waals surface area contributed by atoms with E-state index in [0.29, 0.717) is 6.54 Å². The predicted molar refractivity (Wildman–Crippen MR) is 68.5 cm³/mol. The second-order valence-corrected chi connectivity index (χ2v) is 4.20. The van der Waals surface area contributed by atoms with Crippen LogP contribution in [0.25, 0.3) is 6.08 Å². The molecule has 4 heteroatoms. The Kier molecular flexibility index (Phi) is 5.50. The summed E-state index contributed by atoms with van der Waals surface area (Å²) in [4.78, 5) is 11.3. The first-order valence-corrected chi connectivity index (χ1v) is 6.35. The van der Waals surface area contributed by atoms with Crippen molar-refractivity contribution in [2.75, 3.05) is 18.6 Å². The van der Waals surface area contributed by atoms with Crippen LogP contribution in [0.1, 0.15) is 5.56 Å². The third kappa shape index (κ3) is 4.89. The number of amides is 1. The van der Waals surface area contributed by atoms with Gasteiger partial charge in [-0.1, -0.05) is 12.1 Å². The van der Waals surface area contributed by atoms with Gasteiger partial charge in [0.25, 0.3) is 0 Å². The van der Waals surface area contributed by atoms with Crippen molar-refractivity contribution in [1.29, 1.82) is 0 Å². The molecule has 0 heterocycles. The zero-order chi connectivity index (χ0) is 11.8. The van der Waals surface area contributed by atoms with Crippen molar-refractivity contribution in [2.45, 2.75) is 0 Å². The van der Waals surface area contributed by atoms with Gasteiger partial charge in [0.1, 0.15) is 5.75 Å². The van der Waals surface area contributed by atoms with E-state index in [0.717, 1.165) is 11.3 Å². The van der Waals surface area contributed by atoms with Crippen LogP contribution in [0.2, 0.25) is 0 Å². The minimum atomic E-state index is -0.114. The number of benzene rings is 1. The number of hydrogen-bond acceptors (Lipinski definition) is 3. The Morgan fingerprint density at radius 1 is 1.56 bits per heavy atom. The van der Waals surface area contributed by atoms with E-state index in [1.165, 1.54) is 6.08 Å². The molecule has 0 aromatic heterocycles. The number of carbonyl (C=O) groups is 1. The van der Waals surface area contributed by atoms with E-state index in [4.69, 9.17) is 0 Å². The van der Waals surface area contributed by atoms with Gasteiger partial charge in [-0.15, -0.1) is 0 Å². The molecule has 0 saturated heterocycles. The zero-order valence-electron chi connectivity index (χ0n) is 9.14. The van der Waals surface area contributed by atoms with Crippen LogP contribution in [0.15, 0.2) is 30.3 Å². The zero-order valence-corrected chi connectivity index (χ0v) is 9.96. The third-order valence-corrected chi connectivity index (χ3v) is 2.52. The highest BCUT2D eigenvalue weighted by Gasteiger charge is 1.94. The van der Waals surface area contributed by atoms with E-state index in [1.54, 1.807) is 36.0 Å². The monoisotopic (exact) mass is 237 g/mol. The van der Waals surface area contributed by atoms with Crippen LogP contribution in [-0.4, -0.2) is 29.6 Å². The van der Waals surface area contributed by atoms with Gasteiger partial charge < -0.3 is 10.4 Å². The molecular weight excluding hydrogens is 222 g/mol. The lowest BCUT2D eigenvalue weighted by atomic mass is 10.2. The lowest BCUT2D eigenvalue weighted by Gasteiger charge is -1.99. The summed E-state index contributed by atoms with van der Waals surface area (Å²) in [5.74, 6) is 0.994. The Balaban J connectivity index is 2.44. The van der Waals surface area contributed by atoms with Gasteiger partial charge >= 0.3 is 0 Å². The van der Waals surface area contributed by atoms with Crippen molar-refractivity contribution < 1.29 is 9.90 Å². The van der Waals surface area contributed by atoms with Crippen LogP contribution < -0.4 is 5.32 Å². The standard InChI is InChI=1S/C12H15NO2S/c1-16-8-7-13-12(15)6-5-10-3-2-4-11(14)9-10/h2-6,9,14H,7-8H2,1H3,(H,13,15). The van der Waals surface area contributed by atoms with Crippen molar-refractivity contribution in [1.82, 2.24) is 5.32 Å². The quantitative estimate of drug-likeness (QED) is 0.607. The van der Waals surface area contributed by atoms with Gasteiger partial charge in [-0.25, -0.2) is 0 Å². The van der Waals surface area contributed by atoms with Gasteiger partial charge in [0.05, 0.1) is 0 Å². The van der Waals surface area contributed by atoms with Gasteiger partial charge in [-0.2, -0.15) is 11.8 Å². The van der Waals surface area contributed by atoms with Gasteiger partial charge in [0, 0.05) is 18.4 Å². The molecule has 1 aromatic carbocycles. The summed E-state index contributed by atoms with van der Waals surface area (Å²) < 4.78 is 0. The molecule has 0 aliphatic carbocycles. The van der Waals surface area contributed by atoms with E-state index >= 15 is 0 Å². The maximum atomic E-state index is 11.3. The van der Waals surface area contributed by atoms with Crippen LogP contribution in [0, 0.1) is 0 Å². The van der Waals surface area contributed by atoms with E-state index in [-0.39, 0.29) is 11.7 Å². The van der Waals surface area contributed by atoms with E-state index in [2.05, 4.69) is 5.32 Å². The average Bonchev–Trinajstić information content (AvgIpc) is 2.27. The van der Waals surface area contributed by atoms with Crippen molar-refractivity contribution >= 4 is 23.7 Å². The van der Waals surface area contributed by atoms with E-state index in [9.17, 15) is 9.90 Å². The van der Waals surface area contributed by atoms with Gasteiger partial charge in [-0.3, -0.25) is 4.79 Å². The molecule has 1 amide bonds. The molecule has 0 unspecified atom stereocenters. The first kappa shape index (κ1) is 12.6. The van der Waals surface area contributed by atoms with Crippen LogP contribution >= 0.6 is 11.8 Å². The second kappa shape index (κ2) is 6.95. The van der Waals surface area contributed by atoms with Crippen LogP contribution in [-0.2, 0) is 4.79 Å². The topological polar surface area (TPSA) is 49.3 Å². The molecule has 2 N–H and O–H groups in total. The molecule has 0 saturated carbocycles. The molecule has 0 fully saturated rings.